The fourth-order valence-electron chi connectivity index (χ4n) is 2.36. The predicted molar refractivity (Wildman–Crippen MR) is 42.5 cm³/mol. The van der Waals surface area contributed by atoms with E-state index < -0.39 is 0 Å². The molecular formula is C9H15N. The molecule has 4 atom stereocenters. The van der Waals surface area contributed by atoms with Crippen molar-refractivity contribution in [2.24, 2.45) is 23.5 Å². The topological polar surface area (TPSA) is 26.0 Å². The van der Waals surface area contributed by atoms with Crippen LogP contribution in [0.1, 0.15) is 20.3 Å². The maximum absolute atomic E-state index is 6.16. The molecule has 10 heavy (non-hydrogen) atoms. The molecule has 1 nitrogen and oxygen atoms in total. The SMILES string of the molecule is CC1C2C=CC(C2)C1(C)N. The minimum atomic E-state index is 0.0828. The van der Waals surface area contributed by atoms with Gasteiger partial charge in [-0.1, -0.05) is 19.1 Å². The van der Waals surface area contributed by atoms with Crippen LogP contribution in [0.2, 0.25) is 0 Å². The first-order valence-electron chi connectivity index (χ1n) is 4.09. The van der Waals surface area contributed by atoms with Gasteiger partial charge in [0.1, 0.15) is 0 Å². The Kier molecular flexibility index (Phi) is 1.06. The summed E-state index contributed by atoms with van der Waals surface area (Å²) in [5.41, 5.74) is 6.24. The Morgan fingerprint density at radius 1 is 1.50 bits per heavy atom. The molecule has 0 aromatic carbocycles. The molecule has 2 N–H and O–H groups in total. The van der Waals surface area contributed by atoms with E-state index >= 15 is 0 Å². The Bertz CT molecular complexity index is 181. The van der Waals surface area contributed by atoms with Crippen molar-refractivity contribution in [1.29, 1.82) is 0 Å². The van der Waals surface area contributed by atoms with Crippen molar-refractivity contribution in [2.45, 2.75) is 25.8 Å². The Morgan fingerprint density at radius 2 is 2.20 bits per heavy atom. The van der Waals surface area contributed by atoms with Crippen molar-refractivity contribution in [3.63, 3.8) is 0 Å². The third-order valence-corrected chi connectivity index (χ3v) is 3.54. The number of rotatable bonds is 0. The second-order valence-corrected chi connectivity index (χ2v) is 4.05. The maximum Gasteiger partial charge on any atom is 0.0220 e. The summed E-state index contributed by atoms with van der Waals surface area (Å²) in [5, 5.41) is 0. The molecular weight excluding hydrogens is 122 g/mol. The lowest BCUT2D eigenvalue weighted by molar-refractivity contribution is 0.295. The van der Waals surface area contributed by atoms with Crippen LogP contribution in [0.4, 0.5) is 0 Å². The van der Waals surface area contributed by atoms with E-state index in [9.17, 15) is 0 Å². The summed E-state index contributed by atoms with van der Waals surface area (Å²) >= 11 is 0. The molecule has 0 radical (unpaired) electrons. The molecule has 0 amide bonds. The zero-order valence-electron chi connectivity index (χ0n) is 6.67. The van der Waals surface area contributed by atoms with E-state index in [1.54, 1.807) is 0 Å². The van der Waals surface area contributed by atoms with Crippen LogP contribution in [0.15, 0.2) is 12.2 Å². The van der Waals surface area contributed by atoms with Gasteiger partial charge in [0.25, 0.3) is 0 Å². The van der Waals surface area contributed by atoms with Gasteiger partial charge < -0.3 is 5.73 Å². The molecule has 1 fully saturated rings. The third-order valence-electron chi connectivity index (χ3n) is 3.54. The molecule has 1 heteroatoms. The lowest BCUT2D eigenvalue weighted by Crippen LogP contribution is -2.46. The van der Waals surface area contributed by atoms with E-state index in [0.717, 1.165) is 5.92 Å². The van der Waals surface area contributed by atoms with Gasteiger partial charge in [0.15, 0.2) is 0 Å². The largest absolute Gasteiger partial charge is 0.325 e. The van der Waals surface area contributed by atoms with Crippen LogP contribution in [0.25, 0.3) is 0 Å². The standard InChI is InChI=1S/C9H15N/c1-6-7-3-4-8(5-7)9(6,2)10/h3-4,6-8H,5,10H2,1-2H3. The van der Waals surface area contributed by atoms with Crippen molar-refractivity contribution in [2.75, 3.05) is 0 Å². The normalized spacial score (nSPS) is 58.1. The summed E-state index contributed by atoms with van der Waals surface area (Å²) in [7, 11) is 0. The number of hydrogen-bond acceptors (Lipinski definition) is 1. The molecule has 4 unspecified atom stereocenters. The Labute approximate surface area is 62.3 Å². The van der Waals surface area contributed by atoms with Crippen molar-refractivity contribution >= 4 is 0 Å². The van der Waals surface area contributed by atoms with Gasteiger partial charge in [0.05, 0.1) is 0 Å². The maximum atomic E-state index is 6.16. The smallest absolute Gasteiger partial charge is 0.0220 e. The van der Waals surface area contributed by atoms with Gasteiger partial charge in [0.2, 0.25) is 0 Å². The van der Waals surface area contributed by atoms with Gasteiger partial charge >= 0.3 is 0 Å². The van der Waals surface area contributed by atoms with Crippen LogP contribution in [0.5, 0.6) is 0 Å². The summed E-state index contributed by atoms with van der Waals surface area (Å²) in [6, 6.07) is 0. The Morgan fingerprint density at radius 3 is 2.50 bits per heavy atom. The molecule has 0 aromatic rings. The van der Waals surface area contributed by atoms with Crippen LogP contribution >= 0.6 is 0 Å². The van der Waals surface area contributed by atoms with Crippen LogP contribution in [0.3, 0.4) is 0 Å². The molecule has 56 valence electrons. The zero-order chi connectivity index (χ0) is 7.35. The molecule has 2 rings (SSSR count). The van der Waals surface area contributed by atoms with E-state index in [2.05, 4.69) is 26.0 Å². The third kappa shape index (κ3) is 0.567. The summed E-state index contributed by atoms with van der Waals surface area (Å²) in [4.78, 5) is 0. The van der Waals surface area contributed by atoms with E-state index in [1.165, 1.54) is 6.42 Å². The first-order chi connectivity index (χ1) is 4.62. The lowest BCUT2D eigenvalue weighted by atomic mass is 9.79. The summed E-state index contributed by atoms with van der Waals surface area (Å²) in [5.74, 6) is 2.12. The molecule has 2 bridgehead atoms. The molecule has 2 aliphatic rings. The van der Waals surface area contributed by atoms with Gasteiger partial charge in [-0.2, -0.15) is 0 Å². The summed E-state index contributed by atoms with van der Waals surface area (Å²) < 4.78 is 0. The van der Waals surface area contributed by atoms with Gasteiger partial charge in [-0.3, -0.25) is 0 Å². The van der Waals surface area contributed by atoms with Gasteiger partial charge in [0, 0.05) is 5.54 Å². The predicted octanol–water partition coefficient (Wildman–Crippen LogP) is 1.55. The highest BCUT2D eigenvalue weighted by Gasteiger charge is 2.47. The van der Waals surface area contributed by atoms with Gasteiger partial charge in [-0.05, 0) is 31.1 Å². The number of allylic oxidation sites excluding steroid dienone is 1. The average Bonchev–Trinajstić information content (AvgIpc) is 2.37. The van der Waals surface area contributed by atoms with Crippen molar-refractivity contribution in [3.8, 4) is 0 Å². The highest BCUT2D eigenvalue weighted by Crippen LogP contribution is 2.48. The van der Waals surface area contributed by atoms with Gasteiger partial charge in [-0.15, -0.1) is 0 Å². The van der Waals surface area contributed by atoms with Gasteiger partial charge in [-0.25, -0.2) is 0 Å². The average molecular weight is 137 g/mol. The molecule has 1 saturated carbocycles. The number of nitrogens with two attached hydrogens (primary N) is 1. The monoisotopic (exact) mass is 137 g/mol. The van der Waals surface area contributed by atoms with E-state index in [4.69, 9.17) is 5.73 Å². The molecule has 0 aliphatic heterocycles. The Hall–Kier alpha value is -0.300. The van der Waals surface area contributed by atoms with E-state index in [-0.39, 0.29) is 5.54 Å². The molecule has 0 heterocycles. The minimum Gasteiger partial charge on any atom is -0.325 e. The minimum absolute atomic E-state index is 0.0828. The fourth-order valence-corrected chi connectivity index (χ4v) is 2.36. The molecule has 0 aromatic heterocycles. The fraction of sp³-hybridized carbons (Fsp3) is 0.778. The van der Waals surface area contributed by atoms with Crippen LogP contribution in [-0.4, -0.2) is 5.54 Å². The lowest BCUT2D eigenvalue weighted by Gasteiger charge is -2.32. The van der Waals surface area contributed by atoms with Crippen LogP contribution in [0, 0.1) is 17.8 Å². The quantitative estimate of drug-likeness (QED) is 0.504. The molecule has 0 saturated heterocycles. The Balaban J connectivity index is 2.35. The van der Waals surface area contributed by atoms with Crippen molar-refractivity contribution in [1.82, 2.24) is 0 Å². The first kappa shape index (κ1) is 6.41. The first-order valence-corrected chi connectivity index (χ1v) is 4.09. The highest BCUT2D eigenvalue weighted by molar-refractivity contribution is 5.19. The second kappa shape index (κ2) is 1.65. The second-order valence-electron chi connectivity index (χ2n) is 4.05. The summed E-state index contributed by atoms with van der Waals surface area (Å²) in [6.07, 6.45) is 5.93. The highest BCUT2D eigenvalue weighted by atomic mass is 14.8. The molecule has 2 aliphatic carbocycles. The van der Waals surface area contributed by atoms with Crippen LogP contribution in [-0.2, 0) is 0 Å². The zero-order valence-corrected chi connectivity index (χ0v) is 6.67. The van der Waals surface area contributed by atoms with E-state index in [0.29, 0.717) is 11.8 Å². The van der Waals surface area contributed by atoms with Crippen LogP contribution < -0.4 is 5.73 Å². The van der Waals surface area contributed by atoms with Crippen molar-refractivity contribution < 1.29 is 0 Å². The number of fused-ring (bicyclic) bond motifs is 2. The van der Waals surface area contributed by atoms with E-state index in [1.807, 2.05) is 0 Å². The molecule has 0 spiro atoms. The van der Waals surface area contributed by atoms with Crippen molar-refractivity contribution in [3.05, 3.63) is 12.2 Å². The number of hydrogen-bond donors (Lipinski definition) is 1. The summed E-state index contributed by atoms with van der Waals surface area (Å²) in [6.45, 7) is 4.46.